The Bertz CT molecular complexity index is 3530. The van der Waals surface area contributed by atoms with Gasteiger partial charge in [0.2, 0.25) is 0 Å². The average molecular weight is 782 g/mol. The van der Waals surface area contributed by atoms with Crippen molar-refractivity contribution in [1.82, 2.24) is 24.9 Å². The summed E-state index contributed by atoms with van der Waals surface area (Å²) in [7, 11) is 0. The summed E-state index contributed by atoms with van der Waals surface area (Å²) in [4.78, 5) is 26.3. The number of hydrogen-bond acceptors (Lipinski definition) is 8. The lowest BCUT2D eigenvalue weighted by Crippen LogP contribution is -2.00. The van der Waals surface area contributed by atoms with Crippen LogP contribution in [0.1, 0.15) is 0 Å². The second-order valence-corrected chi connectivity index (χ2v) is 17.1. The minimum atomic E-state index is 0.640. The van der Waals surface area contributed by atoms with Crippen LogP contribution in [0.4, 0.5) is 0 Å². The topological polar surface area (TPSA) is 64.5 Å². The second kappa shape index (κ2) is 12.9. The molecule has 0 spiro atoms. The molecule has 5 aromatic heterocycles. The smallest absolute Gasteiger partial charge is 0.165 e. The first-order chi connectivity index (χ1) is 28.2. The van der Waals surface area contributed by atoms with Gasteiger partial charge in [-0.25, -0.2) is 24.9 Å². The van der Waals surface area contributed by atoms with Crippen molar-refractivity contribution in [2.45, 2.75) is 0 Å². The lowest BCUT2D eigenvalue weighted by molar-refractivity contribution is 1.08. The van der Waals surface area contributed by atoms with Crippen LogP contribution in [-0.2, 0) is 0 Å². The minimum absolute atomic E-state index is 0.640. The molecule has 0 radical (unpaired) electrons. The van der Waals surface area contributed by atoms with Gasteiger partial charge in [0, 0.05) is 78.2 Å². The molecule has 0 unspecified atom stereocenters. The normalized spacial score (nSPS) is 11.9. The molecule has 5 heterocycles. The first kappa shape index (κ1) is 32.5. The number of aromatic nitrogens is 5. The molecule has 0 atom stereocenters. The monoisotopic (exact) mass is 781 g/mol. The lowest BCUT2D eigenvalue weighted by atomic mass is 10.0. The van der Waals surface area contributed by atoms with Crippen LogP contribution < -0.4 is 0 Å². The Morgan fingerprint density at radius 2 is 0.789 bits per heavy atom. The van der Waals surface area contributed by atoms with E-state index in [1.54, 1.807) is 34.0 Å². The second-order valence-electron chi connectivity index (χ2n) is 14.0. The Labute approximate surface area is 338 Å². The van der Waals surface area contributed by atoms with Crippen LogP contribution in [0.5, 0.6) is 0 Å². The van der Waals surface area contributed by atoms with Gasteiger partial charge in [0.05, 0.1) is 15.9 Å². The Kier molecular flexibility index (Phi) is 7.38. The van der Waals surface area contributed by atoms with Gasteiger partial charge in [-0.15, -0.1) is 34.0 Å². The number of benzene rings is 7. The summed E-state index contributed by atoms with van der Waals surface area (Å²) in [5.41, 5.74) is 6.93. The molecule has 0 aliphatic carbocycles. The summed E-state index contributed by atoms with van der Waals surface area (Å²) in [6, 6.07) is 57.1. The van der Waals surface area contributed by atoms with Gasteiger partial charge in [-0.05, 0) is 30.3 Å². The number of fused-ring (bicyclic) bond motifs is 9. The summed E-state index contributed by atoms with van der Waals surface area (Å²) in [6.07, 6.45) is 0. The standard InChI is InChI=1S/C49H27N5S3/c1-3-14-28(15-4-1)41-45-42(32-19-8-10-26-38(32)56-45)51-48(50-41)36-24-12-21-33-40-34(22-13-27-39(40)57-44(33)36)47-52-46(29-16-5-2-6-17-29)53-49(54-47)35-23-11-20-31-30-18-7-9-25-37(30)55-43(31)35/h1-27H. The Morgan fingerprint density at radius 1 is 0.298 bits per heavy atom. The highest BCUT2D eigenvalue weighted by molar-refractivity contribution is 7.27. The highest BCUT2D eigenvalue weighted by atomic mass is 32.1. The van der Waals surface area contributed by atoms with E-state index >= 15 is 0 Å². The average Bonchev–Trinajstić information content (AvgIpc) is 3.98. The summed E-state index contributed by atoms with van der Waals surface area (Å²) >= 11 is 5.30. The maximum atomic E-state index is 5.34. The molecule has 0 amide bonds. The zero-order chi connectivity index (χ0) is 37.5. The van der Waals surface area contributed by atoms with Crippen LogP contribution in [0, 0.1) is 0 Å². The molecular weight excluding hydrogens is 755 g/mol. The number of nitrogens with zero attached hydrogens (tertiary/aromatic N) is 5. The van der Waals surface area contributed by atoms with Crippen molar-refractivity contribution in [1.29, 1.82) is 0 Å². The van der Waals surface area contributed by atoms with Gasteiger partial charge in [0.1, 0.15) is 0 Å². The Hall–Kier alpha value is -6.71. The van der Waals surface area contributed by atoms with Crippen molar-refractivity contribution in [2.75, 3.05) is 0 Å². The Balaban J connectivity index is 1.09. The molecule has 0 fully saturated rings. The van der Waals surface area contributed by atoms with Gasteiger partial charge < -0.3 is 0 Å². The maximum Gasteiger partial charge on any atom is 0.165 e. The first-order valence-corrected chi connectivity index (χ1v) is 21.1. The van der Waals surface area contributed by atoms with Crippen molar-refractivity contribution in [3.8, 4) is 56.8 Å². The van der Waals surface area contributed by atoms with E-state index in [4.69, 9.17) is 24.9 Å². The lowest BCUT2D eigenvalue weighted by Gasteiger charge is -2.10. The number of hydrogen-bond donors (Lipinski definition) is 0. The quantitative estimate of drug-likeness (QED) is 0.174. The van der Waals surface area contributed by atoms with Gasteiger partial charge in [0.25, 0.3) is 0 Å². The molecule has 0 aliphatic heterocycles. The van der Waals surface area contributed by atoms with E-state index in [0.29, 0.717) is 23.3 Å². The van der Waals surface area contributed by atoms with Crippen molar-refractivity contribution < 1.29 is 0 Å². The fourth-order valence-electron chi connectivity index (χ4n) is 7.97. The van der Waals surface area contributed by atoms with Crippen LogP contribution in [0.3, 0.4) is 0 Å². The summed E-state index contributed by atoms with van der Waals surface area (Å²) in [6.45, 7) is 0. The number of rotatable bonds is 5. The third-order valence-electron chi connectivity index (χ3n) is 10.6. The molecule has 0 saturated carbocycles. The molecule has 8 heteroatoms. The predicted molar refractivity (Wildman–Crippen MR) is 241 cm³/mol. The van der Waals surface area contributed by atoms with E-state index in [1.807, 2.05) is 24.3 Å². The van der Waals surface area contributed by atoms with Gasteiger partial charge in [-0.1, -0.05) is 133 Å². The van der Waals surface area contributed by atoms with Crippen LogP contribution >= 0.6 is 34.0 Å². The summed E-state index contributed by atoms with van der Waals surface area (Å²) in [5.74, 6) is 2.66. The van der Waals surface area contributed by atoms with Crippen molar-refractivity contribution in [3.05, 3.63) is 164 Å². The first-order valence-electron chi connectivity index (χ1n) is 18.7. The largest absolute Gasteiger partial charge is 0.226 e. The molecule has 12 aromatic rings. The van der Waals surface area contributed by atoms with E-state index in [1.165, 1.54) is 24.9 Å². The SMILES string of the molecule is c1ccc(-c2nc(-c3cccc4c3sc3ccccc34)nc(-c3cccc4sc5c(-c6nc(-c7ccccc7)c7sc8ccccc8c7n6)cccc5c34)n2)cc1. The molecule has 5 nitrogen and oxygen atoms in total. The van der Waals surface area contributed by atoms with E-state index in [-0.39, 0.29) is 0 Å². The number of thiophene rings is 3. The molecule has 7 aromatic carbocycles. The van der Waals surface area contributed by atoms with E-state index in [2.05, 4.69) is 140 Å². The van der Waals surface area contributed by atoms with E-state index in [9.17, 15) is 0 Å². The van der Waals surface area contributed by atoms with E-state index < -0.39 is 0 Å². The van der Waals surface area contributed by atoms with Gasteiger partial charge in [-0.3, -0.25) is 0 Å². The zero-order valence-electron chi connectivity index (χ0n) is 30.0. The van der Waals surface area contributed by atoms with Crippen molar-refractivity contribution >= 4 is 94.7 Å². The maximum absolute atomic E-state index is 5.34. The summed E-state index contributed by atoms with van der Waals surface area (Å²) < 4.78 is 7.00. The van der Waals surface area contributed by atoms with Gasteiger partial charge in [0.15, 0.2) is 23.3 Å². The molecule has 57 heavy (non-hydrogen) atoms. The van der Waals surface area contributed by atoms with Gasteiger partial charge >= 0.3 is 0 Å². The highest BCUT2D eigenvalue weighted by Crippen LogP contribution is 2.46. The fraction of sp³-hybridized carbons (Fsp3) is 0. The van der Waals surface area contributed by atoms with Crippen molar-refractivity contribution in [2.24, 2.45) is 0 Å². The van der Waals surface area contributed by atoms with Gasteiger partial charge in [-0.2, -0.15) is 0 Å². The molecular formula is C49H27N5S3. The third-order valence-corrected chi connectivity index (χ3v) is 14.2. The molecule has 0 bridgehead atoms. The molecule has 266 valence electrons. The molecule has 12 rings (SSSR count). The van der Waals surface area contributed by atoms with Crippen LogP contribution in [0.15, 0.2) is 164 Å². The Morgan fingerprint density at radius 3 is 1.56 bits per heavy atom. The molecule has 0 saturated heterocycles. The predicted octanol–water partition coefficient (Wildman–Crippen LogP) is 14.1. The fourth-order valence-corrected chi connectivity index (χ4v) is 11.6. The third kappa shape index (κ3) is 5.22. The highest BCUT2D eigenvalue weighted by Gasteiger charge is 2.22. The van der Waals surface area contributed by atoms with E-state index in [0.717, 1.165) is 69.3 Å². The minimum Gasteiger partial charge on any atom is -0.226 e. The summed E-state index contributed by atoms with van der Waals surface area (Å²) in [5, 5.41) is 5.84. The van der Waals surface area contributed by atoms with Crippen molar-refractivity contribution in [3.63, 3.8) is 0 Å². The van der Waals surface area contributed by atoms with Crippen LogP contribution in [0.2, 0.25) is 0 Å². The van der Waals surface area contributed by atoms with Crippen LogP contribution in [-0.4, -0.2) is 24.9 Å². The molecule has 0 aliphatic rings. The molecule has 0 N–H and O–H groups in total. The van der Waals surface area contributed by atoms with Crippen LogP contribution in [0.25, 0.3) is 117 Å². The zero-order valence-corrected chi connectivity index (χ0v) is 32.5.